The quantitative estimate of drug-likeness (QED) is 0.414. The SMILES string of the molecule is C=CCOC(=O)[C@@H]1C(=O)CC[C@H]1C(=O)O. The van der Waals surface area contributed by atoms with E-state index < -0.39 is 23.8 Å². The van der Waals surface area contributed by atoms with Gasteiger partial charge in [0.25, 0.3) is 0 Å². The second kappa shape index (κ2) is 4.72. The van der Waals surface area contributed by atoms with Crippen LogP contribution in [-0.2, 0) is 19.1 Å². The summed E-state index contributed by atoms with van der Waals surface area (Å²) in [5, 5.41) is 8.80. The van der Waals surface area contributed by atoms with Crippen molar-refractivity contribution in [1.82, 2.24) is 0 Å². The van der Waals surface area contributed by atoms with Crippen molar-refractivity contribution < 1.29 is 24.2 Å². The molecule has 2 atom stereocenters. The Morgan fingerprint density at radius 2 is 2.27 bits per heavy atom. The van der Waals surface area contributed by atoms with Crippen LogP contribution in [0.1, 0.15) is 12.8 Å². The Bertz CT molecular complexity index is 307. The summed E-state index contributed by atoms with van der Waals surface area (Å²) in [5.74, 6) is -4.31. The zero-order valence-electron chi connectivity index (χ0n) is 8.14. The minimum Gasteiger partial charge on any atom is -0.481 e. The summed E-state index contributed by atoms with van der Waals surface area (Å²) >= 11 is 0. The summed E-state index contributed by atoms with van der Waals surface area (Å²) in [6.07, 6.45) is 1.71. The average Bonchev–Trinajstić information content (AvgIpc) is 2.56. The molecule has 0 aliphatic heterocycles. The molecule has 1 aliphatic rings. The highest BCUT2D eigenvalue weighted by molar-refractivity contribution is 6.04. The summed E-state index contributed by atoms with van der Waals surface area (Å²) in [7, 11) is 0. The van der Waals surface area contributed by atoms with Gasteiger partial charge in [-0.2, -0.15) is 0 Å². The fraction of sp³-hybridized carbons (Fsp3) is 0.500. The number of ketones is 1. The molecule has 5 heteroatoms. The van der Waals surface area contributed by atoms with Crippen molar-refractivity contribution in [2.45, 2.75) is 12.8 Å². The molecule has 82 valence electrons. The first kappa shape index (κ1) is 11.4. The maximum absolute atomic E-state index is 11.4. The molecule has 5 nitrogen and oxygen atoms in total. The number of carboxylic acids is 1. The van der Waals surface area contributed by atoms with Crippen LogP contribution in [-0.4, -0.2) is 29.4 Å². The molecule has 0 amide bonds. The number of esters is 1. The molecule has 0 heterocycles. The highest BCUT2D eigenvalue weighted by Crippen LogP contribution is 2.29. The molecule has 0 aromatic carbocycles. The van der Waals surface area contributed by atoms with E-state index in [1.165, 1.54) is 6.08 Å². The zero-order valence-corrected chi connectivity index (χ0v) is 8.14. The van der Waals surface area contributed by atoms with Crippen molar-refractivity contribution in [1.29, 1.82) is 0 Å². The van der Waals surface area contributed by atoms with Gasteiger partial charge in [-0.15, -0.1) is 0 Å². The van der Waals surface area contributed by atoms with Gasteiger partial charge >= 0.3 is 11.9 Å². The second-order valence-corrected chi connectivity index (χ2v) is 3.35. The Labute approximate surface area is 86.7 Å². The lowest BCUT2D eigenvalue weighted by atomic mass is 9.96. The standard InChI is InChI=1S/C10H12O5/c1-2-5-15-10(14)8-6(9(12)13)3-4-7(8)11/h2,6,8H,1,3-5H2,(H,12,13)/t6-,8+/m1/s1. The molecule has 0 saturated heterocycles. The molecule has 0 radical (unpaired) electrons. The molecule has 0 unspecified atom stereocenters. The lowest BCUT2D eigenvalue weighted by Crippen LogP contribution is -2.31. The van der Waals surface area contributed by atoms with Crippen LogP contribution in [0.25, 0.3) is 0 Å². The summed E-state index contributed by atoms with van der Waals surface area (Å²) in [6.45, 7) is 3.35. The van der Waals surface area contributed by atoms with E-state index in [-0.39, 0.29) is 25.2 Å². The monoisotopic (exact) mass is 212 g/mol. The van der Waals surface area contributed by atoms with E-state index >= 15 is 0 Å². The van der Waals surface area contributed by atoms with Crippen LogP contribution in [0.15, 0.2) is 12.7 Å². The van der Waals surface area contributed by atoms with Crippen molar-refractivity contribution >= 4 is 17.7 Å². The van der Waals surface area contributed by atoms with E-state index in [0.717, 1.165) is 0 Å². The first-order valence-corrected chi connectivity index (χ1v) is 4.61. The van der Waals surface area contributed by atoms with Gasteiger partial charge in [0.15, 0.2) is 0 Å². The molecular weight excluding hydrogens is 200 g/mol. The highest BCUT2D eigenvalue weighted by Gasteiger charge is 2.44. The van der Waals surface area contributed by atoms with Gasteiger partial charge in [-0.25, -0.2) is 0 Å². The maximum Gasteiger partial charge on any atom is 0.317 e. The van der Waals surface area contributed by atoms with Crippen LogP contribution in [0.2, 0.25) is 0 Å². The van der Waals surface area contributed by atoms with Gasteiger partial charge in [-0.05, 0) is 6.42 Å². The third kappa shape index (κ3) is 2.43. The van der Waals surface area contributed by atoms with E-state index in [4.69, 9.17) is 5.11 Å². The normalized spacial score (nSPS) is 24.9. The predicted octanol–water partition coefficient (Wildman–Crippen LogP) is 0.395. The van der Waals surface area contributed by atoms with E-state index in [1.807, 2.05) is 0 Å². The van der Waals surface area contributed by atoms with Crippen LogP contribution in [0.5, 0.6) is 0 Å². The fourth-order valence-corrected chi connectivity index (χ4v) is 1.64. The number of carboxylic acid groups (broad SMARTS) is 1. The van der Waals surface area contributed by atoms with Crippen molar-refractivity contribution in [3.05, 3.63) is 12.7 Å². The average molecular weight is 212 g/mol. The van der Waals surface area contributed by atoms with Crippen LogP contribution in [0, 0.1) is 11.8 Å². The molecule has 1 N–H and O–H groups in total. The Morgan fingerprint density at radius 3 is 2.80 bits per heavy atom. The number of carbonyl (C=O) groups excluding carboxylic acids is 2. The zero-order chi connectivity index (χ0) is 11.4. The van der Waals surface area contributed by atoms with Gasteiger partial charge in [0.05, 0.1) is 5.92 Å². The Hall–Kier alpha value is -1.65. The summed E-state index contributed by atoms with van der Waals surface area (Å²) in [6, 6.07) is 0. The van der Waals surface area contributed by atoms with Crippen molar-refractivity contribution in [2.24, 2.45) is 11.8 Å². The Balaban J connectivity index is 2.71. The first-order valence-electron chi connectivity index (χ1n) is 4.61. The molecule has 1 aliphatic carbocycles. The Morgan fingerprint density at radius 1 is 1.60 bits per heavy atom. The number of aliphatic carboxylic acids is 1. The molecule has 0 aromatic heterocycles. The minimum absolute atomic E-state index is 0.00501. The summed E-state index contributed by atoms with van der Waals surface area (Å²) in [5.41, 5.74) is 0. The number of Topliss-reactive ketones (excluding diaryl/α,β-unsaturated/α-hetero) is 1. The number of ether oxygens (including phenoxy) is 1. The molecule has 15 heavy (non-hydrogen) atoms. The summed E-state index contributed by atoms with van der Waals surface area (Å²) < 4.78 is 4.68. The molecule has 0 aromatic rings. The van der Waals surface area contributed by atoms with Crippen LogP contribution in [0.4, 0.5) is 0 Å². The van der Waals surface area contributed by atoms with Gasteiger partial charge in [0.1, 0.15) is 18.3 Å². The lowest BCUT2D eigenvalue weighted by molar-refractivity contribution is -0.157. The number of carbonyl (C=O) groups is 3. The highest BCUT2D eigenvalue weighted by atomic mass is 16.5. The number of hydrogen-bond acceptors (Lipinski definition) is 4. The maximum atomic E-state index is 11.4. The van der Waals surface area contributed by atoms with Gasteiger partial charge in [-0.1, -0.05) is 12.7 Å². The third-order valence-corrected chi connectivity index (χ3v) is 2.37. The largest absolute Gasteiger partial charge is 0.481 e. The van der Waals surface area contributed by atoms with Gasteiger partial charge < -0.3 is 9.84 Å². The predicted molar refractivity (Wildman–Crippen MR) is 50.0 cm³/mol. The molecule has 1 fully saturated rings. The summed E-state index contributed by atoms with van der Waals surface area (Å²) in [4.78, 5) is 33.4. The topological polar surface area (TPSA) is 80.7 Å². The van der Waals surface area contributed by atoms with Crippen LogP contribution in [0.3, 0.4) is 0 Å². The molecule has 1 rings (SSSR count). The van der Waals surface area contributed by atoms with Crippen molar-refractivity contribution in [3.63, 3.8) is 0 Å². The molecular formula is C10H12O5. The van der Waals surface area contributed by atoms with Gasteiger partial charge in [0.2, 0.25) is 0 Å². The molecule has 0 bridgehead atoms. The van der Waals surface area contributed by atoms with E-state index in [1.54, 1.807) is 0 Å². The van der Waals surface area contributed by atoms with E-state index in [2.05, 4.69) is 11.3 Å². The van der Waals surface area contributed by atoms with E-state index in [0.29, 0.717) is 0 Å². The smallest absolute Gasteiger partial charge is 0.317 e. The van der Waals surface area contributed by atoms with Crippen molar-refractivity contribution in [3.8, 4) is 0 Å². The van der Waals surface area contributed by atoms with Crippen LogP contribution < -0.4 is 0 Å². The van der Waals surface area contributed by atoms with Crippen LogP contribution >= 0.6 is 0 Å². The number of hydrogen-bond donors (Lipinski definition) is 1. The van der Waals surface area contributed by atoms with Gasteiger partial charge in [0, 0.05) is 6.42 Å². The first-order chi connectivity index (χ1) is 7.07. The number of rotatable bonds is 4. The molecule has 0 spiro atoms. The Kier molecular flexibility index (Phi) is 3.60. The van der Waals surface area contributed by atoms with Crippen molar-refractivity contribution in [2.75, 3.05) is 6.61 Å². The second-order valence-electron chi connectivity index (χ2n) is 3.35. The van der Waals surface area contributed by atoms with Gasteiger partial charge in [-0.3, -0.25) is 14.4 Å². The van der Waals surface area contributed by atoms with E-state index in [9.17, 15) is 14.4 Å². The third-order valence-electron chi connectivity index (χ3n) is 2.37. The fourth-order valence-electron chi connectivity index (χ4n) is 1.64. The minimum atomic E-state index is -1.14. The molecule has 1 saturated carbocycles. The lowest BCUT2D eigenvalue weighted by Gasteiger charge is -2.12.